The molecule has 0 spiro atoms. The van der Waals surface area contributed by atoms with Gasteiger partial charge in [-0.15, -0.1) is 0 Å². The van der Waals surface area contributed by atoms with Crippen molar-refractivity contribution in [1.29, 1.82) is 5.26 Å². The first-order valence-electron chi connectivity index (χ1n) is 6.53. The maximum Gasteiger partial charge on any atom is 0.116 e. The molecule has 3 atom stereocenters. The van der Waals surface area contributed by atoms with E-state index in [2.05, 4.69) is 37.1 Å². The van der Waals surface area contributed by atoms with Crippen LogP contribution in [0.15, 0.2) is 0 Å². The normalized spacial score (nSPS) is 29.6. The van der Waals surface area contributed by atoms with Crippen molar-refractivity contribution in [3.63, 3.8) is 0 Å². The zero-order valence-electron chi connectivity index (χ0n) is 11.5. The molecular formula is C13H25N3O. The molecule has 1 heterocycles. The molecule has 1 aliphatic rings. The quantitative estimate of drug-likeness (QED) is 0.787. The third-order valence-electron chi connectivity index (χ3n) is 3.05. The van der Waals surface area contributed by atoms with Crippen molar-refractivity contribution < 1.29 is 4.74 Å². The van der Waals surface area contributed by atoms with E-state index in [1.54, 1.807) is 0 Å². The topological polar surface area (TPSA) is 48.3 Å². The Morgan fingerprint density at radius 1 is 1.41 bits per heavy atom. The first-order valence-corrected chi connectivity index (χ1v) is 6.53. The summed E-state index contributed by atoms with van der Waals surface area (Å²) < 4.78 is 5.70. The van der Waals surface area contributed by atoms with Crippen molar-refractivity contribution in [1.82, 2.24) is 10.2 Å². The molecule has 3 unspecified atom stereocenters. The fourth-order valence-corrected chi connectivity index (χ4v) is 2.39. The highest BCUT2D eigenvalue weighted by atomic mass is 16.5. The molecule has 1 aliphatic heterocycles. The highest BCUT2D eigenvalue weighted by molar-refractivity contribution is 5.06. The molecule has 0 aromatic carbocycles. The van der Waals surface area contributed by atoms with E-state index in [9.17, 15) is 5.26 Å². The molecule has 0 saturated carbocycles. The summed E-state index contributed by atoms with van der Waals surface area (Å²) in [5, 5.41) is 12.6. The van der Waals surface area contributed by atoms with Gasteiger partial charge in [0.05, 0.1) is 18.3 Å². The Kier molecular flexibility index (Phi) is 5.38. The van der Waals surface area contributed by atoms with E-state index in [4.69, 9.17) is 4.74 Å². The van der Waals surface area contributed by atoms with Gasteiger partial charge < -0.3 is 4.74 Å². The average Bonchev–Trinajstić information content (AvgIpc) is 2.25. The Bertz CT molecular complexity index is 266. The Morgan fingerprint density at radius 3 is 2.47 bits per heavy atom. The van der Waals surface area contributed by atoms with Crippen LogP contribution in [-0.2, 0) is 4.74 Å². The van der Waals surface area contributed by atoms with Crippen LogP contribution in [-0.4, -0.2) is 48.8 Å². The summed E-state index contributed by atoms with van der Waals surface area (Å²) in [7, 11) is 0. The molecule has 0 amide bonds. The van der Waals surface area contributed by atoms with Gasteiger partial charge in [-0.25, -0.2) is 0 Å². The van der Waals surface area contributed by atoms with Gasteiger partial charge in [-0.05, 0) is 33.7 Å². The predicted octanol–water partition coefficient (Wildman–Crippen LogP) is 1.38. The minimum Gasteiger partial charge on any atom is -0.373 e. The van der Waals surface area contributed by atoms with Crippen molar-refractivity contribution in [3.05, 3.63) is 0 Å². The third kappa shape index (κ3) is 4.63. The molecule has 4 nitrogen and oxygen atoms in total. The molecule has 0 radical (unpaired) electrons. The number of nitriles is 1. The minimum absolute atomic E-state index is 0.257. The second-order valence-corrected chi connectivity index (χ2v) is 5.32. The van der Waals surface area contributed by atoms with Gasteiger partial charge in [0, 0.05) is 19.6 Å². The van der Waals surface area contributed by atoms with Crippen LogP contribution in [0.5, 0.6) is 0 Å². The van der Waals surface area contributed by atoms with Gasteiger partial charge in [0.15, 0.2) is 0 Å². The number of ether oxygens (including phenoxy) is 1. The maximum atomic E-state index is 9.30. The molecular weight excluding hydrogens is 214 g/mol. The van der Waals surface area contributed by atoms with E-state index in [1.165, 1.54) is 0 Å². The fourth-order valence-electron chi connectivity index (χ4n) is 2.39. The maximum absolute atomic E-state index is 9.30. The Balaban J connectivity index is 2.52. The fraction of sp³-hybridized carbons (Fsp3) is 0.923. The van der Waals surface area contributed by atoms with Gasteiger partial charge in [0.1, 0.15) is 5.54 Å². The van der Waals surface area contributed by atoms with Gasteiger partial charge in [-0.3, -0.25) is 10.2 Å². The molecule has 1 N–H and O–H groups in total. The Labute approximate surface area is 105 Å². The van der Waals surface area contributed by atoms with Crippen LogP contribution in [0.25, 0.3) is 0 Å². The summed E-state index contributed by atoms with van der Waals surface area (Å²) in [4.78, 5) is 2.32. The second kappa shape index (κ2) is 6.34. The lowest BCUT2D eigenvalue weighted by atomic mass is 10.0. The standard InChI is InChI=1S/C13H25N3O/c1-5-6-15-13(4,9-14)10-16-7-11(2)17-12(3)8-16/h11-12,15H,5-8,10H2,1-4H3. The van der Waals surface area contributed by atoms with E-state index in [0.717, 1.165) is 32.6 Å². The molecule has 4 heteroatoms. The lowest BCUT2D eigenvalue weighted by Gasteiger charge is -2.38. The third-order valence-corrected chi connectivity index (χ3v) is 3.05. The van der Waals surface area contributed by atoms with E-state index in [0.29, 0.717) is 0 Å². The number of rotatable bonds is 5. The number of morpholine rings is 1. The monoisotopic (exact) mass is 239 g/mol. The van der Waals surface area contributed by atoms with E-state index in [1.807, 2.05) is 6.92 Å². The van der Waals surface area contributed by atoms with Crippen LogP contribution in [0.4, 0.5) is 0 Å². The van der Waals surface area contributed by atoms with Crippen LogP contribution < -0.4 is 5.32 Å². The molecule has 1 rings (SSSR count). The van der Waals surface area contributed by atoms with Gasteiger partial charge in [0.2, 0.25) is 0 Å². The summed E-state index contributed by atoms with van der Waals surface area (Å²) in [6, 6.07) is 2.40. The van der Waals surface area contributed by atoms with Crippen molar-refractivity contribution in [2.75, 3.05) is 26.2 Å². The Hall–Kier alpha value is -0.630. The van der Waals surface area contributed by atoms with E-state index in [-0.39, 0.29) is 12.2 Å². The summed E-state index contributed by atoms with van der Waals surface area (Å²) in [6.07, 6.45) is 1.56. The lowest BCUT2D eigenvalue weighted by Crippen LogP contribution is -2.55. The molecule has 17 heavy (non-hydrogen) atoms. The van der Waals surface area contributed by atoms with Gasteiger partial charge >= 0.3 is 0 Å². The number of hydrogen-bond acceptors (Lipinski definition) is 4. The van der Waals surface area contributed by atoms with Gasteiger partial charge in [0.25, 0.3) is 0 Å². The van der Waals surface area contributed by atoms with Crippen molar-refractivity contribution >= 4 is 0 Å². The molecule has 1 saturated heterocycles. The van der Waals surface area contributed by atoms with E-state index >= 15 is 0 Å². The largest absolute Gasteiger partial charge is 0.373 e. The van der Waals surface area contributed by atoms with Gasteiger partial charge in [-0.1, -0.05) is 6.92 Å². The summed E-state index contributed by atoms with van der Waals surface area (Å²) in [5.41, 5.74) is -0.452. The zero-order chi connectivity index (χ0) is 12.9. The average molecular weight is 239 g/mol. The smallest absolute Gasteiger partial charge is 0.116 e. The SMILES string of the molecule is CCCNC(C)(C#N)CN1CC(C)OC(C)C1. The van der Waals surface area contributed by atoms with Crippen LogP contribution in [0.1, 0.15) is 34.1 Å². The molecule has 0 bridgehead atoms. The van der Waals surface area contributed by atoms with Crippen molar-refractivity contribution in [2.45, 2.75) is 51.9 Å². The molecule has 1 fully saturated rings. The summed E-state index contributed by atoms with van der Waals surface area (Å²) in [6.45, 7) is 11.8. The van der Waals surface area contributed by atoms with Crippen LogP contribution in [0, 0.1) is 11.3 Å². The Morgan fingerprint density at radius 2 is 2.00 bits per heavy atom. The molecule has 0 aliphatic carbocycles. The summed E-state index contributed by atoms with van der Waals surface area (Å²) >= 11 is 0. The van der Waals surface area contributed by atoms with Crippen molar-refractivity contribution in [3.8, 4) is 6.07 Å². The predicted molar refractivity (Wildman–Crippen MR) is 68.8 cm³/mol. The molecule has 98 valence electrons. The van der Waals surface area contributed by atoms with E-state index < -0.39 is 5.54 Å². The molecule has 0 aromatic rings. The highest BCUT2D eigenvalue weighted by Crippen LogP contribution is 2.14. The number of nitrogens with zero attached hydrogens (tertiary/aromatic N) is 2. The van der Waals surface area contributed by atoms with Crippen LogP contribution in [0.2, 0.25) is 0 Å². The number of nitrogens with one attached hydrogen (secondary N) is 1. The summed E-state index contributed by atoms with van der Waals surface area (Å²) in [5.74, 6) is 0. The van der Waals surface area contributed by atoms with Crippen LogP contribution >= 0.6 is 0 Å². The minimum atomic E-state index is -0.452. The first-order chi connectivity index (χ1) is 7.99. The van der Waals surface area contributed by atoms with Crippen molar-refractivity contribution in [2.24, 2.45) is 0 Å². The number of hydrogen-bond donors (Lipinski definition) is 1. The second-order valence-electron chi connectivity index (χ2n) is 5.32. The first kappa shape index (κ1) is 14.4. The highest BCUT2D eigenvalue weighted by Gasteiger charge is 2.30. The van der Waals surface area contributed by atoms with Crippen LogP contribution in [0.3, 0.4) is 0 Å². The van der Waals surface area contributed by atoms with Gasteiger partial charge in [-0.2, -0.15) is 5.26 Å². The zero-order valence-corrected chi connectivity index (χ0v) is 11.5. The lowest BCUT2D eigenvalue weighted by molar-refractivity contribution is -0.0715. The molecule has 0 aromatic heterocycles.